The standard InChI is InChI=1S/C23H24N8O4/c1-24-15-8-7-14(30-29-13-5-3-2-4-6-13)9-16(15)26-23-27-21-20(22(34)28-23)25-12-31(21)19-10-17(33)18(11-32)35-19/h2-9,12,17-19,24,32-33H,10-11H2,1H3,(H2,26,27,28,34)/t17-,18+,19+/m0/s1. The third-order valence-electron chi connectivity index (χ3n) is 5.69. The average molecular weight is 476 g/mol. The summed E-state index contributed by atoms with van der Waals surface area (Å²) in [5.74, 6) is 0.190. The predicted octanol–water partition coefficient (Wildman–Crippen LogP) is 2.96. The number of anilines is 3. The van der Waals surface area contributed by atoms with Gasteiger partial charge in [0.05, 0.1) is 41.8 Å². The zero-order valence-corrected chi connectivity index (χ0v) is 18.8. The first kappa shape index (κ1) is 22.7. The summed E-state index contributed by atoms with van der Waals surface area (Å²) >= 11 is 0. The van der Waals surface area contributed by atoms with Crippen molar-refractivity contribution in [2.24, 2.45) is 10.2 Å². The van der Waals surface area contributed by atoms with E-state index >= 15 is 0 Å². The van der Waals surface area contributed by atoms with Gasteiger partial charge in [-0.15, -0.1) is 0 Å². The average Bonchev–Trinajstić information content (AvgIpc) is 3.47. The number of benzene rings is 2. The Morgan fingerprint density at radius 2 is 1.97 bits per heavy atom. The van der Waals surface area contributed by atoms with Gasteiger partial charge in [-0.2, -0.15) is 15.2 Å². The van der Waals surface area contributed by atoms with E-state index in [0.29, 0.717) is 11.4 Å². The second-order valence-electron chi connectivity index (χ2n) is 7.99. The van der Waals surface area contributed by atoms with Crippen molar-refractivity contribution < 1.29 is 14.9 Å². The molecule has 180 valence electrons. The second-order valence-corrected chi connectivity index (χ2v) is 7.99. The van der Waals surface area contributed by atoms with Crippen molar-refractivity contribution in [1.29, 1.82) is 0 Å². The summed E-state index contributed by atoms with van der Waals surface area (Å²) in [5.41, 5.74) is 2.71. The zero-order chi connectivity index (χ0) is 24.4. The summed E-state index contributed by atoms with van der Waals surface area (Å²) in [7, 11) is 1.78. The van der Waals surface area contributed by atoms with E-state index in [1.165, 1.54) is 6.33 Å². The van der Waals surface area contributed by atoms with Gasteiger partial charge >= 0.3 is 0 Å². The van der Waals surface area contributed by atoms with Gasteiger partial charge in [0.25, 0.3) is 5.56 Å². The minimum Gasteiger partial charge on any atom is -0.394 e. The molecule has 0 amide bonds. The molecule has 1 saturated heterocycles. The third-order valence-corrected chi connectivity index (χ3v) is 5.69. The van der Waals surface area contributed by atoms with Gasteiger partial charge in [-0.25, -0.2) is 4.98 Å². The number of azo groups is 1. The first-order valence-electron chi connectivity index (χ1n) is 11.0. The van der Waals surface area contributed by atoms with Gasteiger partial charge in [-0.1, -0.05) is 18.2 Å². The van der Waals surface area contributed by atoms with Crippen LogP contribution in [0.2, 0.25) is 0 Å². The minimum atomic E-state index is -0.826. The summed E-state index contributed by atoms with van der Waals surface area (Å²) in [6.07, 6.45) is -0.455. The molecule has 2 aromatic heterocycles. The maximum atomic E-state index is 12.7. The van der Waals surface area contributed by atoms with E-state index in [0.717, 1.165) is 11.4 Å². The number of H-pyrrole nitrogens is 1. The van der Waals surface area contributed by atoms with E-state index in [-0.39, 0.29) is 30.1 Å². The third kappa shape index (κ3) is 4.62. The SMILES string of the molecule is CNc1ccc(N=Nc2ccccc2)cc1Nc1nc2c(ncn2[C@H]2C[C@H](O)[C@@H](CO)O2)c(=O)[nH]1. The number of aromatic amines is 1. The van der Waals surface area contributed by atoms with E-state index in [9.17, 15) is 15.0 Å². The molecule has 0 unspecified atom stereocenters. The number of hydrogen-bond donors (Lipinski definition) is 5. The molecule has 0 spiro atoms. The number of nitrogens with zero attached hydrogens (tertiary/aromatic N) is 5. The van der Waals surface area contributed by atoms with Crippen molar-refractivity contribution in [3.8, 4) is 0 Å². The highest BCUT2D eigenvalue weighted by Gasteiger charge is 2.35. The molecule has 5 rings (SSSR count). The highest BCUT2D eigenvalue weighted by molar-refractivity contribution is 5.77. The molecule has 12 nitrogen and oxygen atoms in total. The normalized spacial score (nSPS) is 20.0. The van der Waals surface area contributed by atoms with Gasteiger partial charge < -0.3 is 25.6 Å². The summed E-state index contributed by atoms with van der Waals surface area (Å²) in [6, 6.07) is 14.8. The maximum Gasteiger partial charge on any atom is 0.280 e. The monoisotopic (exact) mass is 476 g/mol. The zero-order valence-electron chi connectivity index (χ0n) is 18.8. The molecule has 5 N–H and O–H groups in total. The molecular weight excluding hydrogens is 452 g/mol. The number of fused-ring (bicyclic) bond motifs is 1. The number of aliphatic hydroxyl groups excluding tert-OH is 2. The van der Waals surface area contributed by atoms with Crippen LogP contribution in [0.3, 0.4) is 0 Å². The summed E-state index contributed by atoms with van der Waals surface area (Å²) in [6.45, 7) is -0.310. The molecule has 0 saturated carbocycles. The van der Waals surface area contributed by atoms with Gasteiger partial charge in [-0.3, -0.25) is 14.3 Å². The number of imidazole rings is 1. The minimum absolute atomic E-state index is 0.139. The Balaban J connectivity index is 1.46. The Labute approximate surface area is 199 Å². The lowest BCUT2D eigenvalue weighted by Gasteiger charge is -2.14. The first-order valence-corrected chi connectivity index (χ1v) is 11.0. The Bertz CT molecular complexity index is 1420. The molecule has 3 heterocycles. The number of ether oxygens (including phenoxy) is 1. The van der Waals surface area contributed by atoms with Gasteiger partial charge in [-0.05, 0) is 30.3 Å². The fraction of sp³-hybridized carbons (Fsp3) is 0.261. The van der Waals surface area contributed by atoms with Crippen LogP contribution in [0.1, 0.15) is 12.6 Å². The predicted molar refractivity (Wildman–Crippen MR) is 130 cm³/mol. The molecule has 0 radical (unpaired) electrons. The molecular formula is C23H24N8O4. The molecule has 0 bridgehead atoms. The fourth-order valence-electron chi connectivity index (χ4n) is 3.90. The Morgan fingerprint density at radius 1 is 1.17 bits per heavy atom. The van der Waals surface area contributed by atoms with Crippen LogP contribution in [0, 0.1) is 0 Å². The fourth-order valence-corrected chi connectivity index (χ4v) is 3.90. The molecule has 1 fully saturated rings. The first-order chi connectivity index (χ1) is 17.1. The van der Waals surface area contributed by atoms with Gasteiger partial charge in [0, 0.05) is 13.5 Å². The van der Waals surface area contributed by atoms with Crippen molar-refractivity contribution in [3.63, 3.8) is 0 Å². The Kier molecular flexibility index (Phi) is 6.23. The van der Waals surface area contributed by atoms with E-state index < -0.39 is 24.0 Å². The number of aliphatic hydroxyl groups is 2. The van der Waals surface area contributed by atoms with Crippen LogP contribution < -0.4 is 16.2 Å². The van der Waals surface area contributed by atoms with Gasteiger partial charge in [0.15, 0.2) is 11.2 Å². The summed E-state index contributed by atoms with van der Waals surface area (Å²) in [5, 5.41) is 34.2. The molecule has 2 aromatic carbocycles. The Hall–Kier alpha value is -4.13. The number of nitrogens with one attached hydrogen (secondary N) is 3. The van der Waals surface area contributed by atoms with Crippen LogP contribution in [0.25, 0.3) is 11.2 Å². The number of hydrogen-bond acceptors (Lipinski definition) is 10. The highest BCUT2D eigenvalue weighted by Crippen LogP contribution is 2.32. The maximum absolute atomic E-state index is 12.7. The lowest BCUT2D eigenvalue weighted by atomic mass is 10.2. The van der Waals surface area contributed by atoms with Crippen LogP contribution in [-0.4, -0.2) is 55.6 Å². The van der Waals surface area contributed by atoms with Crippen LogP contribution in [-0.2, 0) is 4.74 Å². The van der Waals surface area contributed by atoms with Gasteiger partial charge in [0.2, 0.25) is 5.95 Å². The van der Waals surface area contributed by atoms with Gasteiger partial charge in [0.1, 0.15) is 12.3 Å². The second kappa shape index (κ2) is 9.62. The molecule has 12 heteroatoms. The van der Waals surface area contributed by atoms with E-state index in [2.05, 4.69) is 35.8 Å². The molecule has 1 aliphatic heterocycles. The lowest BCUT2D eigenvalue weighted by molar-refractivity contribution is -0.0432. The van der Waals surface area contributed by atoms with E-state index in [1.807, 2.05) is 42.5 Å². The van der Waals surface area contributed by atoms with E-state index in [4.69, 9.17) is 4.74 Å². The van der Waals surface area contributed by atoms with Crippen molar-refractivity contribution in [3.05, 3.63) is 65.2 Å². The van der Waals surface area contributed by atoms with E-state index in [1.54, 1.807) is 17.7 Å². The summed E-state index contributed by atoms with van der Waals surface area (Å²) in [4.78, 5) is 24.1. The summed E-state index contributed by atoms with van der Waals surface area (Å²) < 4.78 is 7.29. The molecule has 0 aliphatic carbocycles. The largest absolute Gasteiger partial charge is 0.394 e. The lowest BCUT2D eigenvalue weighted by Crippen LogP contribution is -2.24. The molecule has 3 atom stereocenters. The number of aromatic nitrogens is 4. The van der Waals surface area contributed by atoms with Crippen LogP contribution >= 0.6 is 0 Å². The van der Waals surface area contributed by atoms with Crippen molar-refractivity contribution in [2.75, 3.05) is 24.3 Å². The number of rotatable bonds is 7. The van der Waals surface area contributed by atoms with Crippen molar-refractivity contribution in [2.45, 2.75) is 24.9 Å². The topological polar surface area (TPSA) is 162 Å². The van der Waals surface area contributed by atoms with Crippen molar-refractivity contribution >= 4 is 39.9 Å². The smallest absolute Gasteiger partial charge is 0.280 e. The molecule has 1 aliphatic rings. The van der Waals surface area contributed by atoms with Crippen LogP contribution in [0.15, 0.2) is 69.9 Å². The Morgan fingerprint density at radius 3 is 2.71 bits per heavy atom. The molecule has 35 heavy (non-hydrogen) atoms. The highest BCUT2D eigenvalue weighted by atomic mass is 16.5. The molecule has 4 aromatic rings. The van der Waals surface area contributed by atoms with Crippen molar-refractivity contribution in [1.82, 2.24) is 19.5 Å². The quantitative estimate of drug-likeness (QED) is 0.254. The van der Waals surface area contributed by atoms with Crippen LogP contribution in [0.5, 0.6) is 0 Å². The van der Waals surface area contributed by atoms with Crippen LogP contribution in [0.4, 0.5) is 28.7 Å².